The maximum Gasteiger partial charge on any atom is 0.264 e. The van der Waals surface area contributed by atoms with Crippen LogP contribution in [0.3, 0.4) is 0 Å². The molecule has 0 spiro atoms. The first-order valence-electron chi connectivity index (χ1n) is 10.9. The van der Waals surface area contributed by atoms with Crippen LogP contribution in [0.15, 0.2) is 84.0 Å². The number of para-hydroxylation sites is 1. The van der Waals surface area contributed by atoms with Crippen molar-refractivity contribution in [1.82, 2.24) is 9.88 Å². The van der Waals surface area contributed by atoms with Gasteiger partial charge in [0.1, 0.15) is 0 Å². The van der Waals surface area contributed by atoms with Crippen molar-refractivity contribution >= 4 is 21.6 Å². The molecule has 1 fully saturated rings. The van der Waals surface area contributed by atoms with Crippen LogP contribution in [-0.2, 0) is 21.3 Å². The maximum atomic E-state index is 13.5. The summed E-state index contributed by atoms with van der Waals surface area (Å²) in [5.41, 5.74) is 1.77. The molecule has 1 amide bonds. The van der Waals surface area contributed by atoms with E-state index < -0.39 is 10.0 Å². The molecule has 7 nitrogen and oxygen atoms in total. The van der Waals surface area contributed by atoms with E-state index in [0.717, 1.165) is 18.4 Å². The molecule has 8 heteroatoms. The van der Waals surface area contributed by atoms with Gasteiger partial charge in [-0.2, -0.15) is 0 Å². The molecule has 0 N–H and O–H groups in total. The van der Waals surface area contributed by atoms with Crippen LogP contribution < -0.4 is 4.31 Å². The van der Waals surface area contributed by atoms with E-state index in [1.807, 2.05) is 18.2 Å². The highest BCUT2D eigenvalue weighted by Crippen LogP contribution is 2.23. The van der Waals surface area contributed by atoms with Crippen LogP contribution in [0.1, 0.15) is 28.8 Å². The van der Waals surface area contributed by atoms with E-state index in [9.17, 15) is 13.2 Å². The Kier molecular flexibility index (Phi) is 7.05. The van der Waals surface area contributed by atoms with Gasteiger partial charge in [-0.1, -0.05) is 30.3 Å². The van der Waals surface area contributed by atoms with Gasteiger partial charge < -0.3 is 9.64 Å². The second-order valence-electron chi connectivity index (χ2n) is 8.02. The molecule has 172 valence electrons. The zero-order chi connectivity index (χ0) is 23.3. The number of hydrogen-bond donors (Lipinski definition) is 0. The summed E-state index contributed by atoms with van der Waals surface area (Å²) in [6.07, 6.45) is 5.26. The van der Waals surface area contributed by atoms with Gasteiger partial charge in [0.2, 0.25) is 0 Å². The third kappa shape index (κ3) is 5.40. The van der Waals surface area contributed by atoms with Crippen molar-refractivity contribution in [2.24, 2.45) is 0 Å². The van der Waals surface area contributed by atoms with Gasteiger partial charge in [0.05, 0.1) is 16.7 Å². The topological polar surface area (TPSA) is 79.8 Å². The first-order valence-corrected chi connectivity index (χ1v) is 12.3. The molecule has 2 aromatic carbocycles. The summed E-state index contributed by atoms with van der Waals surface area (Å²) < 4.78 is 33.4. The van der Waals surface area contributed by atoms with Gasteiger partial charge in [-0.3, -0.25) is 14.1 Å². The number of benzene rings is 2. The lowest BCUT2D eigenvalue weighted by atomic mass is 10.1. The van der Waals surface area contributed by atoms with E-state index in [-0.39, 0.29) is 16.9 Å². The molecular weight excluding hydrogens is 438 g/mol. The summed E-state index contributed by atoms with van der Waals surface area (Å²) in [6.45, 7) is 1.50. The van der Waals surface area contributed by atoms with Crippen molar-refractivity contribution in [2.75, 3.05) is 24.5 Å². The minimum atomic E-state index is -3.83. The number of hydrogen-bond acceptors (Lipinski definition) is 5. The van der Waals surface area contributed by atoms with Crippen LogP contribution in [-0.4, -0.2) is 50.5 Å². The Hall–Kier alpha value is -3.23. The van der Waals surface area contributed by atoms with Crippen LogP contribution in [0.4, 0.5) is 5.69 Å². The monoisotopic (exact) mass is 465 g/mol. The summed E-state index contributed by atoms with van der Waals surface area (Å²) in [7, 11) is -2.32. The van der Waals surface area contributed by atoms with Gasteiger partial charge in [0.15, 0.2) is 0 Å². The number of nitrogens with zero attached hydrogens (tertiary/aromatic N) is 3. The predicted octanol–water partition coefficient (Wildman–Crippen LogP) is 3.73. The maximum absolute atomic E-state index is 13.5. The predicted molar refractivity (Wildman–Crippen MR) is 126 cm³/mol. The molecule has 33 heavy (non-hydrogen) atoms. The fourth-order valence-corrected chi connectivity index (χ4v) is 5.11. The molecule has 2 heterocycles. The smallest absolute Gasteiger partial charge is 0.264 e. The summed E-state index contributed by atoms with van der Waals surface area (Å²) in [4.78, 5) is 19.4. The Morgan fingerprint density at radius 1 is 1.09 bits per heavy atom. The van der Waals surface area contributed by atoms with Crippen molar-refractivity contribution in [3.63, 3.8) is 0 Å². The number of carbonyl (C=O) groups excluding carboxylic acids is 1. The van der Waals surface area contributed by atoms with Crippen LogP contribution in [0.5, 0.6) is 0 Å². The Bertz CT molecular complexity index is 1180. The lowest BCUT2D eigenvalue weighted by Gasteiger charge is -2.26. The molecule has 1 unspecified atom stereocenters. The SMILES string of the molecule is CN(c1ccccc1)S(=O)(=O)c1cccc(C(=O)N(Cc2cccnc2)CC2CCCO2)c1. The molecule has 4 rings (SSSR count). The highest BCUT2D eigenvalue weighted by atomic mass is 32.2. The quantitative estimate of drug-likeness (QED) is 0.507. The van der Waals surface area contributed by atoms with Gasteiger partial charge in [0.25, 0.3) is 15.9 Å². The second-order valence-corrected chi connectivity index (χ2v) is 9.99. The van der Waals surface area contributed by atoms with Crippen molar-refractivity contribution in [2.45, 2.75) is 30.4 Å². The number of anilines is 1. The Morgan fingerprint density at radius 2 is 1.91 bits per heavy atom. The summed E-state index contributed by atoms with van der Waals surface area (Å²) in [5.74, 6) is -0.242. The fraction of sp³-hybridized carbons (Fsp3) is 0.280. The Labute approximate surface area is 194 Å². The number of pyridine rings is 1. The third-order valence-electron chi connectivity index (χ3n) is 5.69. The van der Waals surface area contributed by atoms with Gasteiger partial charge in [0, 0.05) is 44.7 Å². The van der Waals surface area contributed by atoms with E-state index in [0.29, 0.717) is 30.9 Å². The van der Waals surface area contributed by atoms with E-state index in [1.54, 1.807) is 53.7 Å². The van der Waals surface area contributed by atoms with Crippen molar-refractivity contribution in [3.8, 4) is 0 Å². The number of sulfonamides is 1. The molecule has 3 aromatic rings. The van der Waals surface area contributed by atoms with Crippen LogP contribution in [0.2, 0.25) is 0 Å². The van der Waals surface area contributed by atoms with Gasteiger partial charge in [-0.05, 0) is 54.8 Å². The van der Waals surface area contributed by atoms with Gasteiger partial charge in [-0.15, -0.1) is 0 Å². The molecule has 1 aliphatic rings. The molecule has 0 radical (unpaired) electrons. The molecule has 0 bridgehead atoms. The molecule has 0 saturated carbocycles. The van der Waals surface area contributed by atoms with Crippen LogP contribution in [0, 0.1) is 0 Å². The number of rotatable bonds is 8. The molecule has 1 atom stereocenters. The molecule has 1 aromatic heterocycles. The minimum Gasteiger partial charge on any atom is -0.376 e. The third-order valence-corrected chi connectivity index (χ3v) is 7.47. The molecular formula is C25H27N3O4S. The Balaban J connectivity index is 1.61. The number of ether oxygens (including phenoxy) is 1. The lowest BCUT2D eigenvalue weighted by molar-refractivity contribution is 0.0507. The summed E-state index contributed by atoms with van der Waals surface area (Å²) in [6, 6.07) is 18.8. The standard InChI is InChI=1S/C25H27N3O4S/c1-27(22-10-3-2-4-11-22)33(30,31)24-13-5-9-21(16-24)25(29)28(19-23-12-7-15-32-23)18-20-8-6-14-26-17-20/h2-6,8-11,13-14,16-17,23H,7,12,15,18-19H2,1H3. The average molecular weight is 466 g/mol. The zero-order valence-electron chi connectivity index (χ0n) is 18.5. The number of carbonyl (C=O) groups is 1. The fourth-order valence-electron chi connectivity index (χ4n) is 3.87. The van der Waals surface area contributed by atoms with Crippen molar-refractivity contribution in [1.29, 1.82) is 0 Å². The number of aromatic nitrogens is 1. The zero-order valence-corrected chi connectivity index (χ0v) is 19.3. The van der Waals surface area contributed by atoms with E-state index in [4.69, 9.17) is 4.74 Å². The lowest BCUT2D eigenvalue weighted by Crippen LogP contribution is -2.37. The Morgan fingerprint density at radius 3 is 2.61 bits per heavy atom. The largest absolute Gasteiger partial charge is 0.376 e. The van der Waals surface area contributed by atoms with E-state index in [2.05, 4.69) is 4.98 Å². The first-order chi connectivity index (χ1) is 15.9. The normalized spacial score (nSPS) is 15.8. The van der Waals surface area contributed by atoms with Gasteiger partial charge >= 0.3 is 0 Å². The molecule has 1 aliphatic heterocycles. The van der Waals surface area contributed by atoms with Crippen molar-refractivity contribution < 1.29 is 17.9 Å². The number of amides is 1. The molecule has 1 saturated heterocycles. The summed E-state index contributed by atoms with van der Waals surface area (Å²) in [5, 5.41) is 0. The van der Waals surface area contributed by atoms with E-state index in [1.165, 1.54) is 23.5 Å². The highest BCUT2D eigenvalue weighted by Gasteiger charge is 2.26. The van der Waals surface area contributed by atoms with Gasteiger partial charge in [-0.25, -0.2) is 8.42 Å². The van der Waals surface area contributed by atoms with E-state index >= 15 is 0 Å². The average Bonchev–Trinajstić information content (AvgIpc) is 3.37. The highest BCUT2D eigenvalue weighted by molar-refractivity contribution is 7.92. The summed E-state index contributed by atoms with van der Waals surface area (Å²) >= 11 is 0. The van der Waals surface area contributed by atoms with Crippen LogP contribution >= 0.6 is 0 Å². The van der Waals surface area contributed by atoms with Crippen molar-refractivity contribution in [3.05, 3.63) is 90.3 Å². The second kappa shape index (κ2) is 10.1. The molecule has 0 aliphatic carbocycles. The minimum absolute atomic E-state index is 0.0262. The first kappa shape index (κ1) is 22.9. The van der Waals surface area contributed by atoms with Crippen LogP contribution in [0.25, 0.3) is 0 Å².